The highest BCUT2D eigenvalue weighted by Crippen LogP contribution is 2.15. The summed E-state index contributed by atoms with van der Waals surface area (Å²) in [7, 11) is 0. The fraction of sp³-hybridized carbons (Fsp3) is 0.750. The molecule has 0 bridgehead atoms. The Morgan fingerprint density at radius 2 is 2.00 bits per heavy atom. The second-order valence-corrected chi connectivity index (χ2v) is 6.31. The lowest BCUT2D eigenvalue weighted by Crippen LogP contribution is -2.40. The molecule has 0 atom stereocenters. The second-order valence-electron chi connectivity index (χ2n) is 6.31. The Bertz CT molecular complexity index is 452. The average Bonchev–Trinajstić information content (AvgIpc) is 2.82. The number of nitrogens with one attached hydrogen (secondary N) is 2. The number of carbonyl (C=O) groups excluding carboxylic acids is 1. The molecule has 5 nitrogen and oxygen atoms in total. The van der Waals surface area contributed by atoms with Gasteiger partial charge in [0, 0.05) is 25.1 Å². The highest BCUT2D eigenvalue weighted by atomic mass is 16.5. The average molecular weight is 295 g/mol. The molecular weight excluding hydrogens is 266 g/mol. The first kappa shape index (κ1) is 17.7. The van der Waals surface area contributed by atoms with E-state index >= 15 is 0 Å². The van der Waals surface area contributed by atoms with Crippen LogP contribution in [0.4, 0.5) is 0 Å². The topological polar surface area (TPSA) is 67.2 Å². The summed E-state index contributed by atoms with van der Waals surface area (Å²) in [5.74, 6) is 0.623. The van der Waals surface area contributed by atoms with Gasteiger partial charge in [0.15, 0.2) is 5.69 Å². The summed E-state index contributed by atoms with van der Waals surface area (Å²) in [5, 5.41) is 10.3. The van der Waals surface area contributed by atoms with Crippen LogP contribution >= 0.6 is 0 Å². The van der Waals surface area contributed by atoms with Crippen LogP contribution < -0.4 is 10.6 Å². The van der Waals surface area contributed by atoms with Crippen molar-refractivity contribution in [1.29, 1.82) is 0 Å². The fourth-order valence-electron chi connectivity index (χ4n) is 2.11. The van der Waals surface area contributed by atoms with E-state index in [0.717, 1.165) is 30.8 Å². The summed E-state index contributed by atoms with van der Waals surface area (Å²) in [5.41, 5.74) is 1.25. The van der Waals surface area contributed by atoms with Crippen molar-refractivity contribution in [2.24, 2.45) is 5.41 Å². The third-order valence-corrected chi connectivity index (χ3v) is 3.59. The molecule has 0 aromatic carbocycles. The largest absolute Gasteiger partial charge is 0.360 e. The van der Waals surface area contributed by atoms with Gasteiger partial charge in [-0.2, -0.15) is 0 Å². The first-order valence-corrected chi connectivity index (χ1v) is 7.85. The summed E-state index contributed by atoms with van der Waals surface area (Å²) in [6.45, 7) is 12.8. The molecule has 120 valence electrons. The van der Waals surface area contributed by atoms with Crippen LogP contribution in [0.2, 0.25) is 0 Å². The van der Waals surface area contributed by atoms with Crippen LogP contribution in [0.1, 0.15) is 62.3 Å². The van der Waals surface area contributed by atoms with Crippen LogP contribution in [0.3, 0.4) is 0 Å². The van der Waals surface area contributed by atoms with E-state index in [1.54, 1.807) is 0 Å². The summed E-state index contributed by atoms with van der Waals surface area (Å²) in [6, 6.07) is 0. The van der Waals surface area contributed by atoms with E-state index in [4.69, 9.17) is 4.52 Å². The molecule has 0 spiro atoms. The molecule has 0 radical (unpaired) electrons. The van der Waals surface area contributed by atoms with Crippen molar-refractivity contribution in [3.8, 4) is 0 Å². The summed E-state index contributed by atoms with van der Waals surface area (Å²) < 4.78 is 5.17. The van der Waals surface area contributed by atoms with E-state index in [9.17, 15) is 4.79 Å². The van der Waals surface area contributed by atoms with Gasteiger partial charge in [-0.05, 0) is 25.3 Å². The molecule has 0 aliphatic rings. The molecule has 0 aliphatic heterocycles. The maximum atomic E-state index is 12.2. The molecule has 5 heteroatoms. The lowest BCUT2D eigenvalue weighted by Gasteiger charge is -2.25. The van der Waals surface area contributed by atoms with Gasteiger partial charge >= 0.3 is 0 Å². The molecule has 1 aromatic heterocycles. The second kappa shape index (κ2) is 8.17. The van der Waals surface area contributed by atoms with Crippen molar-refractivity contribution < 1.29 is 9.32 Å². The normalized spacial score (nSPS) is 11.7. The maximum Gasteiger partial charge on any atom is 0.273 e. The Balaban J connectivity index is 2.45. The van der Waals surface area contributed by atoms with Gasteiger partial charge in [0.25, 0.3) is 5.91 Å². The number of aryl methyl sites for hydroxylation is 1. The van der Waals surface area contributed by atoms with Gasteiger partial charge in [0.2, 0.25) is 0 Å². The van der Waals surface area contributed by atoms with Crippen molar-refractivity contribution in [1.82, 2.24) is 15.8 Å². The zero-order valence-corrected chi connectivity index (χ0v) is 14.0. The molecule has 0 saturated carbocycles. The summed E-state index contributed by atoms with van der Waals surface area (Å²) in [6.07, 6.45) is 3.12. The van der Waals surface area contributed by atoms with Crippen molar-refractivity contribution in [3.63, 3.8) is 0 Å². The van der Waals surface area contributed by atoms with Gasteiger partial charge < -0.3 is 15.2 Å². The predicted molar refractivity (Wildman–Crippen MR) is 84.5 cm³/mol. The molecule has 1 heterocycles. The molecule has 0 saturated heterocycles. The molecule has 0 fully saturated rings. The lowest BCUT2D eigenvalue weighted by molar-refractivity contribution is 0.0926. The molecule has 0 aliphatic carbocycles. The first-order chi connectivity index (χ1) is 9.91. The van der Waals surface area contributed by atoms with E-state index in [0.29, 0.717) is 12.2 Å². The SMILES string of the molecule is CCCCNCC(C)(C)CNC(=O)c1noc(CC)c1C. The van der Waals surface area contributed by atoms with E-state index in [2.05, 4.69) is 36.6 Å². The minimum absolute atomic E-state index is 0.00856. The number of aromatic nitrogens is 1. The van der Waals surface area contributed by atoms with Crippen LogP contribution in [0.25, 0.3) is 0 Å². The molecule has 0 unspecified atom stereocenters. The van der Waals surface area contributed by atoms with Crippen LogP contribution in [-0.2, 0) is 6.42 Å². The zero-order chi connectivity index (χ0) is 15.9. The monoisotopic (exact) mass is 295 g/mol. The van der Waals surface area contributed by atoms with E-state index in [1.807, 2.05) is 13.8 Å². The smallest absolute Gasteiger partial charge is 0.273 e. The lowest BCUT2D eigenvalue weighted by atomic mass is 9.93. The predicted octanol–water partition coefficient (Wildman–Crippen LogP) is 2.69. The van der Waals surface area contributed by atoms with Crippen LogP contribution in [0, 0.1) is 12.3 Å². The first-order valence-electron chi connectivity index (χ1n) is 7.85. The number of amides is 1. The molecule has 1 rings (SSSR count). The maximum absolute atomic E-state index is 12.2. The van der Waals surface area contributed by atoms with Crippen molar-refractivity contribution >= 4 is 5.91 Å². The Morgan fingerprint density at radius 1 is 1.29 bits per heavy atom. The Morgan fingerprint density at radius 3 is 2.57 bits per heavy atom. The van der Waals surface area contributed by atoms with Gasteiger partial charge in [-0.3, -0.25) is 4.79 Å². The van der Waals surface area contributed by atoms with Crippen molar-refractivity contribution in [3.05, 3.63) is 17.0 Å². The van der Waals surface area contributed by atoms with Gasteiger partial charge in [0.1, 0.15) is 5.76 Å². The number of nitrogens with zero attached hydrogens (tertiary/aromatic N) is 1. The van der Waals surface area contributed by atoms with E-state index in [1.165, 1.54) is 12.8 Å². The van der Waals surface area contributed by atoms with E-state index < -0.39 is 0 Å². The molecule has 21 heavy (non-hydrogen) atoms. The minimum atomic E-state index is -0.155. The van der Waals surface area contributed by atoms with Crippen LogP contribution in [0.5, 0.6) is 0 Å². The number of carbonyl (C=O) groups is 1. The Kier molecular flexibility index (Phi) is 6.89. The number of unbranched alkanes of at least 4 members (excludes halogenated alkanes) is 1. The van der Waals surface area contributed by atoms with Crippen molar-refractivity contribution in [2.75, 3.05) is 19.6 Å². The number of hydrogen-bond donors (Lipinski definition) is 2. The third-order valence-electron chi connectivity index (χ3n) is 3.59. The standard InChI is InChI=1S/C16H29N3O2/c1-6-8-9-17-10-16(4,5)11-18-15(20)14-12(3)13(7-2)21-19-14/h17H,6-11H2,1-5H3,(H,18,20). The third kappa shape index (κ3) is 5.50. The van der Waals surface area contributed by atoms with Crippen LogP contribution in [-0.4, -0.2) is 30.7 Å². The molecular formula is C16H29N3O2. The molecule has 2 N–H and O–H groups in total. The zero-order valence-electron chi connectivity index (χ0n) is 14.0. The highest BCUT2D eigenvalue weighted by molar-refractivity contribution is 5.93. The van der Waals surface area contributed by atoms with Gasteiger partial charge in [-0.15, -0.1) is 0 Å². The highest BCUT2D eigenvalue weighted by Gasteiger charge is 2.22. The van der Waals surface area contributed by atoms with E-state index in [-0.39, 0.29) is 11.3 Å². The molecule has 1 amide bonds. The summed E-state index contributed by atoms with van der Waals surface area (Å²) >= 11 is 0. The Labute approximate surface area is 127 Å². The molecule has 1 aromatic rings. The Hall–Kier alpha value is -1.36. The number of hydrogen-bond acceptors (Lipinski definition) is 4. The summed E-state index contributed by atoms with van der Waals surface area (Å²) in [4.78, 5) is 12.2. The van der Waals surface area contributed by atoms with Gasteiger partial charge in [-0.25, -0.2) is 0 Å². The van der Waals surface area contributed by atoms with Crippen LogP contribution in [0.15, 0.2) is 4.52 Å². The number of rotatable bonds is 9. The van der Waals surface area contributed by atoms with Gasteiger partial charge in [0.05, 0.1) is 0 Å². The quantitative estimate of drug-likeness (QED) is 0.687. The fourth-order valence-corrected chi connectivity index (χ4v) is 2.11. The van der Waals surface area contributed by atoms with Gasteiger partial charge in [-0.1, -0.05) is 39.3 Å². The van der Waals surface area contributed by atoms with Crippen molar-refractivity contribution in [2.45, 2.75) is 53.9 Å². The minimum Gasteiger partial charge on any atom is -0.360 e.